The van der Waals surface area contributed by atoms with E-state index in [4.69, 9.17) is 5.11 Å². The molecule has 1 aliphatic rings. The predicted octanol–water partition coefficient (Wildman–Crippen LogP) is -0.319. The summed E-state index contributed by atoms with van der Waals surface area (Å²) in [6.07, 6.45) is 1.75. The molecule has 102 valence electrons. The second-order valence-corrected chi connectivity index (χ2v) is 5.62. The smallest absolute Gasteiger partial charge is 0.277 e. The van der Waals surface area contributed by atoms with E-state index in [9.17, 15) is 9.59 Å². The fraction of sp³-hybridized carbons (Fsp3) is 0.214. The third-order valence-electron chi connectivity index (χ3n) is 3.09. The van der Waals surface area contributed by atoms with Crippen LogP contribution in [0.2, 0.25) is 0 Å². The predicted molar refractivity (Wildman–Crippen MR) is 75.6 cm³/mol. The summed E-state index contributed by atoms with van der Waals surface area (Å²) in [4.78, 5) is 28.5. The lowest BCUT2D eigenvalue weighted by Crippen LogP contribution is -2.37. The summed E-state index contributed by atoms with van der Waals surface area (Å²) in [6.45, 7) is 1.60. The van der Waals surface area contributed by atoms with Gasteiger partial charge in [0.25, 0.3) is 11.5 Å². The number of carbonyl (C=O) groups is 1. The van der Waals surface area contributed by atoms with Crippen molar-refractivity contribution in [3.05, 3.63) is 55.1 Å². The molecule has 3 rings (SSSR count). The molecule has 1 aromatic heterocycles. The van der Waals surface area contributed by atoms with E-state index in [0.717, 1.165) is 15.7 Å². The zero-order chi connectivity index (χ0) is 14.3. The molecule has 0 saturated heterocycles. The topological polar surface area (TPSA) is 71.7 Å². The number of hydrogen-bond donors (Lipinski definition) is 1. The maximum atomic E-state index is 12.2. The maximum absolute atomic E-state index is 12.2. The molecule has 5 nitrogen and oxygen atoms in total. The van der Waals surface area contributed by atoms with Gasteiger partial charge in [0.1, 0.15) is 0 Å². The SMILES string of the molecule is Cc1cccc(/C=c2\sc3n(c2=O)C(=O)[C@H](CO)N=3)c1. The van der Waals surface area contributed by atoms with Crippen molar-refractivity contribution in [2.24, 2.45) is 4.99 Å². The van der Waals surface area contributed by atoms with Crippen LogP contribution in [-0.2, 0) is 0 Å². The number of aryl methyl sites for hydroxylation is 1. The lowest BCUT2D eigenvalue weighted by Gasteiger charge is -1.98. The minimum Gasteiger partial charge on any atom is -0.394 e. The van der Waals surface area contributed by atoms with Crippen molar-refractivity contribution in [3.8, 4) is 0 Å². The van der Waals surface area contributed by atoms with Crippen LogP contribution in [0.5, 0.6) is 0 Å². The van der Waals surface area contributed by atoms with Crippen molar-refractivity contribution in [1.29, 1.82) is 0 Å². The van der Waals surface area contributed by atoms with Crippen LogP contribution in [0.1, 0.15) is 15.9 Å². The van der Waals surface area contributed by atoms with Crippen molar-refractivity contribution in [3.63, 3.8) is 0 Å². The van der Waals surface area contributed by atoms with E-state index in [-0.39, 0.29) is 12.2 Å². The van der Waals surface area contributed by atoms with Gasteiger partial charge >= 0.3 is 0 Å². The molecule has 0 bridgehead atoms. The number of carbonyl (C=O) groups excluding carboxylic acids is 1. The average molecular weight is 288 g/mol. The molecule has 1 aliphatic heterocycles. The highest BCUT2D eigenvalue weighted by molar-refractivity contribution is 7.07. The van der Waals surface area contributed by atoms with Crippen molar-refractivity contribution in [2.75, 3.05) is 6.61 Å². The van der Waals surface area contributed by atoms with E-state index in [1.165, 1.54) is 11.3 Å². The van der Waals surface area contributed by atoms with E-state index < -0.39 is 11.9 Å². The van der Waals surface area contributed by atoms with Crippen LogP contribution >= 0.6 is 11.3 Å². The lowest BCUT2D eigenvalue weighted by molar-refractivity contribution is 0.0859. The highest BCUT2D eigenvalue weighted by Gasteiger charge is 2.28. The van der Waals surface area contributed by atoms with Gasteiger partial charge in [0.05, 0.1) is 11.1 Å². The molecule has 0 radical (unpaired) electrons. The molecule has 20 heavy (non-hydrogen) atoms. The number of benzene rings is 1. The van der Waals surface area contributed by atoms with Crippen LogP contribution in [0.25, 0.3) is 6.08 Å². The number of fused-ring (bicyclic) bond motifs is 1. The van der Waals surface area contributed by atoms with Gasteiger partial charge in [-0.05, 0) is 18.6 Å². The molecule has 1 aromatic carbocycles. The zero-order valence-corrected chi connectivity index (χ0v) is 11.6. The van der Waals surface area contributed by atoms with Crippen LogP contribution in [0.3, 0.4) is 0 Å². The number of aliphatic hydroxyl groups is 1. The molecule has 2 aromatic rings. The normalized spacial score (nSPS) is 18.2. The minimum absolute atomic E-state index is 0.359. The Morgan fingerprint density at radius 1 is 1.45 bits per heavy atom. The first kappa shape index (κ1) is 13.0. The lowest BCUT2D eigenvalue weighted by atomic mass is 10.1. The fourth-order valence-corrected chi connectivity index (χ4v) is 3.14. The Morgan fingerprint density at radius 2 is 2.25 bits per heavy atom. The molecule has 2 heterocycles. The molecule has 1 N–H and O–H groups in total. The summed E-state index contributed by atoms with van der Waals surface area (Å²) >= 11 is 1.17. The summed E-state index contributed by atoms with van der Waals surface area (Å²) < 4.78 is 1.52. The first-order valence-corrected chi connectivity index (χ1v) is 6.95. The van der Waals surface area contributed by atoms with Gasteiger partial charge in [0.2, 0.25) is 0 Å². The Bertz CT molecular complexity index is 863. The summed E-state index contributed by atoms with van der Waals surface area (Å²) in [5.74, 6) is -0.451. The monoisotopic (exact) mass is 288 g/mol. The number of aliphatic hydroxyl groups excluding tert-OH is 1. The van der Waals surface area contributed by atoms with E-state index in [0.29, 0.717) is 9.33 Å². The second-order valence-electron chi connectivity index (χ2n) is 4.61. The average Bonchev–Trinajstić information content (AvgIpc) is 2.88. The molecular formula is C14H12N2O3S. The molecule has 6 heteroatoms. The van der Waals surface area contributed by atoms with Gasteiger partial charge in [-0.15, -0.1) is 0 Å². The Balaban J connectivity index is 2.17. The van der Waals surface area contributed by atoms with Gasteiger partial charge < -0.3 is 5.11 Å². The first-order chi connectivity index (χ1) is 9.60. The summed E-state index contributed by atoms with van der Waals surface area (Å²) in [5, 5.41) is 9.02. The molecule has 1 atom stereocenters. The number of aromatic nitrogens is 1. The first-order valence-electron chi connectivity index (χ1n) is 6.13. The van der Waals surface area contributed by atoms with E-state index in [1.807, 2.05) is 31.2 Å². The van der Waals surface area contributed by atoms with E-state index in [2.05, 4.69) is 4.99 Å². The third-order valence-corrected chi connectivity index (χ3v) is 4.07. The van der Waals surface area contributed by atoms with Gasteiger partial charge in [-0.3, -0.25) is 9.59 Å². The van der Waals surface area contributed by atoms with Crippen LogP contribution in [-0.4, -0.2) is 28.2 Å². The maximum Gasteiger partial charge on any atom is 0.277 e. The standard InChI is InChI=1S/C14H12N2O3S/c1-8-3-2-4-9(5-8)6-11-13(19)16-12(18)10(7-17)15-14(16)20-11/h2-6,10,17H,7H2,1H3/b11-6-/t10-/m0/s1. The molecule has 0 unspecified atom stereocenters. The summed E-state index contributed by atoms with van der Waals surface area (Å²) in [6, 6.07) is 6.92. The largest absolute Gasteiger partial charge is 0.394 e. The van der Waals surface area contributed by atoms with Crippen LogP contribution in [0.15, 0.2) is 34.1 Å². The van der Waals surface area contributed by atoms with Crippen molar-refractivity contribution in [2.45, 2.75) is 13.0 Å². The fourth-order valence-electron chi connectivity index (χ4n) is 2.12. The summed E-state index contributed by atoms with van der Waals surface area (Å²) in [7, 11) is 0. The summed E-state index contributed by atoms with van der Waals surface area (Å²) in [5.41, 5.74) is 1.65. The minimum atomic E-state index is -0.832. The Morgan fingerprint density at radius 3 is 2.90 bits per heavy atom. The van der Waals surface area contributed by atoms with E-state index in [1.54, 1.807) is 6.08 Å². The van der Waals surface area contributed by atoms with Gasteiger partial charge in [0.15, 0.2) is 10.8 Å². The molecule has 0 amide bonds. The molecule has 0 spiro atoms. The number of nitrogens with zero attached hydrogens (tertiary/aromatic N) is 2. The zero-order valence-electron chi connectivity index (χ0n) is 10.7. The van der Waals surface area contributed by atoms with Crippen LogP contribution < -0.4 is 14.9 Å². The second kappa shape index (κ2) is 4.81. The van der Waals surface area contributed by atoms with Crippen molar-refractivity contribution < 1.29 is 9.90 Å². The Hall–Kier alpha value is -2.05. The van der Waals surface area contributed by atoms with Gasteiger partial charge in [0, 0.05) is 0 Å². The Labute approximate surface area is 118 Å². The molecular weight excluding hydrogens is 276 g/mol. The molecule has 0 saturated carbocycles. The Kier molecular flexibility index (Phi) is 3.11. The number of thiazole rings is 1. The highest BCUT2D eigenvalue weighted by Crippen LogP contribution is 2.04. The van der Waals surface area contributed by atoms with Gasteiger partial charge in [-0.1, -0.05) is 41.2 Å². The van der Waals surface area contributed by atoms with Crippen LogP contribution in [0.4, 0.5) is 0 Å². The van der Waals surface area contributed by atoms with Crippen molar-refractivity contribution in [1.82, 2.24) is 4.57 Å². The van der Waals surface area contributed by atoms with E-state index >= 15 is 0 Å². The molecule has 0 fully saturated rings. The van der Waals surface area contributed by atoms with Crippen molar-refractivity contribution >= 4 is 23.3 Å². The number of hydrogen-bond acceptors (Lipinski definition) is 5. The number of rotatable bonds is 2. The highest BCUT2D eigenvalue weighted by atomic mass is 32.1. The third kappa shape index (κ3) is 2.03. The quantitative estimate of drug-likeness (QED) is 0.823. The van der Waals surface area contributed by atoms with Gasteiger partial charge in [-0.25, -0.2) is 9.56 Å². The van der Waals surface area contributed by atoms with Crippen LogP contribution in [0, 0.1) is 6.92 Å². The van der Waals surface area contributed by atoms with Gasteiger partial charge in [-0.2, -0.15) is 0 Å². The molecule has 0 aliphatic carbocycles.